The van der Waals surface area contributed by atoms with E-state index in [0.717, 1.165) is 25.8 Å². The van der Waals surface area contributed by atoms with E-state index in [2.05, 4.69) is 29.7 Å². The lowest BCUT2D eigenvalue weighted by molar-refractivity contribution is -0.135. The molecule has 0 aromatic heterocycles. The van der Waals surface area contributed by atoms with Crippen molar-refractivity contribution in [3.8, 4) is 0 Å². The zero-order chi connectivity index (χ0) is 14.2. The molecule has 1 aromatic carbocycles. The Hall–Kier alpha value is -1.10. The number of morpholine rings is 1. The minimum atomic E-state index is -0.348. The Balaban J connectivity index is 0.00000220. The topological polar surface area (TPSA) is 50.4 Å². The molecule has 21 heavy (non-hydrogen) atoms. The number of rotatable bonds is 6. The maximum Gasteiger partial charge on any atom is 0.250 e. The molecule has 1 fully saturated rings. The molecule has 1 saturated heterocycles. The van der Waals surface area contributed by atoms with Gasteiger partial charge in [-0.2, -0.15) is 0 Å². The summed E-state index contributed by atoms with van der Waals surface area (Å²) >= 11 is 0. The van der Waals surface area contributed by atoms with Gasteiger partial charge in [0.1, 0.15) is 6.10 Å². The molecule has 0 aliphatic carbocycles. The SMILES string of the molecule is CCCC(Cc1ccccc1)NC(=O)C1CNCCO1.Cl. The summed E-state index contributed by atoms with van der Waals surface area (Å²) in [6.07, 6.45) is 2.57. The van der Waals surface area contributed by atoms with Gasteiger partial charge in [0.15, 0.2) is 0 Å². The fraction of sp³-hybridized carbons (Fsp3) is 0.562. The molecule has 0 bridgehead atoms. The van der Waals surface area contributed by atoms with Gasteiger partial charge in [0.2, 0.25) is 0 Å². The highest BCUT2D eigenvalue weighted by molar-refractivity contribution is 5.85. The molecule has 1 heterocycles. The van der Waals surface area contributed by atoms with Crippen LogP contribution >= 0.6 is 12.4 Å². The Labute approximate surface area is 133 Å². The number of hydrogen-bond acceptors (Lipinski definition) is 3. The molecular formula is C16H25ClN2O2. The number of hydrogen-bond donors (Lipinski definition) is 2. The van der Waals surface area contributed by atoms with Crippen molar-refractivity contribution in [3.63, 3.8) is 0 Å². The van der Waals surface area contributed by atoms with Gasteiger partial charge in [0, 0.05) is 19.1 Å². The normalized spacial score (nSPS) is 19.4. The predicted octanol–water partition coefficient (Wildman–Crippen LogP) is 1.92. The van der Waals surface area contributed by atoms with E-state index in [1.807, 2.05) is 18.2 Å². The monoisotopic (exact) mass is 312 g/mol. The Morgan fingerprint density at radius 1 is 1.43 bits per heavy atom. The third kappa shape index (κ3) is 6.04. The van der Waals surface area contributed by atoms with Crippen LogP contribution in [-0.4, -0.2) is 37.7 Å². The zero-order valence-corrected chi connectivity index (χ0v) is 13.3. The maximum absolute atomic E-state index is 12.2. The highest BCUT2D eigenvalue weighted by Gasteiger charge is 2.23. The van der Waals surface area contributed by atoms with Gasteiger partial charge in [-0.05, 0) is 18.4 Å². The molecular weight excluding hydrogens is 288 g/mol. The fourth-order valence-corrected chi connectivity index (χ4v) is 2.50. The number of benzene rings is 1. The second-order valence-electron chi connectivity index (χ2n) is 5.25. The van der Waals surface area contributed by atoms with E-state index in [1.165, 1.54) is 5.56 Å². The zero-order valence-electron chi connectivity index (χ0n) is 12.5. The average Bonchev–Trinajstić information content (AvgIpc) is 2.49. The molecule has 5 heteroatoms. The van der Waals surface area contributed by atoms with Crippen molar-refractivity contribution < 1.29 is 9.53 Å². The summed E-state index contributed by atoms with van der Waals surface area (Å²) in [7, 11) is 0. The van der Waals surface area contributed by atoms with Gasteiger partial charge in [0.25, 0.3) is 5.91 Å². The van der Waals surface area contributed by atoms with E-state index in [9.17, 15) is 4.79 Å². The van der Waals surface area contributed by atoms with Gasteiger partial charge in [-0.3, -0.25) is 4.79 Å². The minimum Gasteiger partial charge on any atom is -0.366 e. The number of ether oxygens (including phenoxy) is 1. The van der Waals surface area contributed by atoms with Gasteiger partial charge in [-0.15, -0.1) is 12.4 Å². The van der Waals surface area contributed by atoms with E-state index < -0.39 is 0 Å². The summed E-state index contributed by atoms with van der Waals surface area (Å²) in [5.74, 6) is 0.00609. The molecule has 1 aromatic rings. The summed E-state index contributed by atoms with van der Waals surface area (Å²) < 4.78 is 5.49. The summed E-state index contributed by atoms with van der Waals surface area (Å²) in [5.41, 5.74) is 1.26. The third-order valence-electron chi connectivity index (χ3n) is 3.53. The Morgan fingerprint density at radius 2 is 2.19 bits per heavy atom. The summed E-state index contributed by atoms with van der Waals surface area (Å²) in [6.45, 7) is 4.18. The van der Waals surface area contributed by atoms with Crippen LogP contribution in [0, 0.1) is 0 Å². The van der Waals surface area contributed by atoms with Crippen molar-refractivity contribution in [3.05, 3.63) is 35.9 Å². The van der Waals surface area contributed by atoms with E-state index in [4.69, 9.17) is 4.74 Å². The smallest absolute Gasteiger partial charge is 0.250 e. The highest BCUT2D eigenvalue weighted by Crippen LogP contribution is 2.08. The third-order valence-corrected chi connectivity index (χ3v) is 3.53. The van der Waals surface area contributed by atoms with Gasteiger partial charge in [0.05, 0.1) is 6.61 Å². The molecule has 0 saturated carbocycles. The molecule has 2 unspecified atom stereocenters. The Morgan fingerprint density at radius 3 is 2.81 bits per heavy atom. The average molecular weight is 313 g/mol. The molecule has 1 aliphatic heterocycles. The second-order valence-corrected chi connectivity index (χ2v) is 5.25. The molecule has 2 N–H and O–H groups in total. The number of nitrogens with one attached hydrogen (secondary N) is 2. The predicted molar refractivity (Wildman–Crippen MR) is 86.8 cm³/mol. The number of carbonyl (C=O) groups is 1. The number of amides is 1. The van der Waals surface area contributed by atoms with Crippen molar-refractivity contribution in [2.24, 2.45) is 0 Å². The first-order valence-corrected chi connectivity index (χ1v) is 7.46. The van der Waals surface area contributed by atoms with E-state index in [0.29, 0.717) is 13.2 Å². The van der Waals surface area contributed by atoms with E-state index in [-0.39, 0.29) is 30.5 Å². The van der Waals surface area contributed by atoms with Crippen LogP contribution in [0.15, 0.2) is 30.3 Å². The lowest BCUT2D eigenvalue weighted by Crippen LogP contribution is -2.50. The van der Waals surface area contributed by atoms with Crippen LogP contribution in [0.4, 0.5) is 0 Å². The van der Waals surface area contributed by atoms with Crippen LogP contribution < -0.4 is 10.6 Å². The summed E-state index contributed by atoms with van der Waals surface area (Å²) in [4.78, 5) is 12.2. The summed E-state index contributed by atoms with van der Waals surface area (Å²) in [6, 6.07) is 10.5. The van der Waals surface area contributed by atoms with Gasteiger partial charge in [-0.25, -0.2) is 0 Å². The lowest BCUT2D eigenvalue weighted by Gasteiger charge is -2.26. The first kappa shape index (κ1) is 18.0. The van der Waals surface area contributed by atoms with E-state index in [1.54, 1.807) is 0 Å². The quantitative estimate of drug-likeness (QED) is 0.844. The van der Waals surface area contributed by atoms with Crippen LogP contribution in [0.5, 0.6) is 0 Å². The molecule has 2 rings (SSSR count). The van der Waals surface area contributed by atoms with Crippen LogP contribution in [0.2, 0.25) is 0 Å². The van der Waals surface area contributed by atoms with Gasteiger partial charge in [-0.1, -0.05) is 43.7 Å². The molecule has 2 atom stereocenters. The van der Waals surface area contributed by atoms with Crippen LogP contribution in [0.25, 0.3) is 0 Å². The van der Waals surface area contributed by atoms with Crippen LogP contribution in [0.3, 0.4) is 0 Å². The van der Waals surface area contributed by atoms with Gasteiger partial charge < -0.3 is 15.4 Å². The largest absolute Gasteiger partial charge is 0.366 e. The van der Waals surface area contributed by atoms with Crippen LogP contribution in [0.1, 0.15) is 25.3 Å². The highest BCUT2D eigenvalue weighted by atomic mass is 35.5. The van der Waals surface area contributed by atoms with Gasteiger partial charge >= 0.3 is 0 Å². The maximum atomic E-state index is 12.2. The standard InChI is InChI=1S/C16H24N2O2.ClH/c1-2-6-14(11-13-7-4-3-5-8-13)18-16(19)15-12-17-9-10-20-15;/h3-5,7-8,14-15,17H,2,6,9-12H2,1H3,(H,18,19);1H. The first-order chi connectivity index (χ1) is 9.79. The van der Waals surface area contributed by atoms with E-state index >= 15 is 0 Å². The Kier molecular flexibility index (Phi) is 8.35. The molecule has 0 spiro atoms. The summed E-state index contributed by atoms with van der Waals surface area (Å²) in [5, 5.41) is 6.32. The first-order valence-electron chi connectivity index (χ1n) is 7.46. The minimum absolute atomic E-state index is 0. The molecule has 0 radical (unpaired) electrons. The Bertz CT molecular complexity index is 408. The second kappa shape index (κ2) is 9.77. The van der Waals surface area contributed by atoms with Crippen molar-refractivity contribution >= 4 is 18.3 Å². The number of halogens is 1. The molecule has 1 amide bonds. The molecule has 1 aliphatic rings. The van der Waals surface area contributed by atoms with Crippen molar-refractivity contribution in [2.75, 3.05) is 19.7 Å². The molecule has 118 valence electrons. The lowest BCUT2D eigenvalue weighted by atomic mass is 10.0. The van der Waals surface area contributed by atoms with Crippen molar-refractivity contribution in [1.29, 1.82) is 0 Å². The molecule has 4 nitrogen and oxygen atoms in total. The van der Waals surface area contributed by atoms with Crippen molar-refractivity contribution in [2.45, 2.75) is 38.3 Å². The fourth-order valence-electron chi connectivity index (χ4n) is 2.50. The van der Waals surface area contributed by atoms with Crippen LogP contribution in [-0.2, 0) is 16.0 Å². The van der Waals surface area contributed by atoms with Crippen molar-refractivity contribution in [1.82, 2.24) is 10.6 Å². The number of carbonyl (C=O) groups excluding carboxylic acids is 1.